The van der Waals surface area contributed by atoms with Gasteiger partial charge in [-0.25, -0.2) is 0 Å². The highest BCUT2D eigenvalue weighted by Gasteiger charge is 2.20. The van der Waals surface area contributed by atoms with Crippen LogP contribution >= 0.6 is 27.3 Å². The van der Waals surface area contributed by atoms with E-state index in [-0.39, 0.29) is 0 Å². The molecule has 1 fully saturated rings. The molecule has 2 aromatic heterocycles. The van der Waals surface area contributed by atoms with Crippen molar-refractivity contribution in [2.24, 2.45) is 0 Å². The second-order valence-electron chi connectivity index (χ2n) is 4.02. The summed E-state index contributed by atoms with van der Waals surface area (Å²) in [5.74, 6) is 1.97. The van der Waals surface area contributed by atoms with Crippen LogP contribution in [-0.4, -0.2) is 6.04 Å². The first kappa shape index (κ1) is 10.6. The fourth-order valence-electron chi connectivity index (χ4n) is 1.60. The van der Waals surface area contributed by atoms with Gasteiger partial charge in [0, 0.05) is 10.5 Å². The fraction of sp³-hybridized carbons (Fsp3) is 0.333. The molecule has 0 aromatic carbocycles. The first-order valence-electron chi connectivity index (χ1n) is 5.38. The van der Waals surface area contributed by atoms with Crippen molar-refractivity contribution >= 4 is 27.3 Å². The lowest BCUT2D eigenvalue weighted by Gasteiger charge is -1.98. The summed E-state index contributed by atoms with van der Waals surface area (Å²) < 4.78 is 6.91. The zero-order valence-corrected chi connectivity index (χ0v) is 11.1. The Kier molecular flexibility index (Phi) is 2.88. The quantitative estimate of drug-likeness (QED) is 0.922. The van der Waals surface area contributed by atoms with Crippen LogP contribution in [0.5, 0.6) is 0 Å². The predicted molar refractivity (Wildman–Crippen MR) is 69.6 cm³/mol. The zero-order chi connectivity index (χ0) is 11.0. The van der Waals surface area contributed by atoms with Crippen LogP contribution in [0.1, 0.15) is 18.6 Å². The van der Waals surface area contributed by atoms with Crippen molar-refractivity contribution in [1.82, 2.24) is 5.32 Å². The van der Waals surface area contributed by atoms with Gasteiger partial charge in [-0.2, -0.15) is 0 Å². The van der Waals surface area contributed by atoms with Gasteiger partial charge < -0.3 is 9.73 Å². The zero-order valence-electron chi connectivity index (χ0n) is 8.70. The molecule has 4 heteroatoms. The van der Waals surface area contributed by atoms with Crippen molar-refractivity contribution in [2.45, 2.75) is 25.4 Å². The minimum absolute atomic E-state index is 0.724. The van der Waals surface area contributed by atoms with Crippen molar-refractivity contribution in [1.29, 1.82) is 0 Å². The Morgan fingerprint density at radius 1 is 1.38 bits per heavy atom. The maximum atomic E-state index is 5.80. The Bertz CT molecular complexity index is 487. The van der Waals surface area contributed by atoms with E-state index >= 15 is 0 Å². The lowest BCUT2D eigenvalue weighted by molar-refractivity contribution is 0.493. The monoisotopic (exact) mass is 297 g/mol. The molecule has 84 valence electrons. The highest BCUT2D eigenvalue weighted by Crippen LogP contribution is 2.34. The molecule has 3 rings (SSSR count). The molecule has 2 nitrogen and oxygen atoms in total. The second kappa shape index (κ2) is 4.35. The van der Waals surface area contributed by atoms with Gasteiger partial charge in [0.25, 0.3) is 0 Å². The molecule has 0 spiro atoms. The molecular formula is C12H12BrNOS. The lowest BCUT2D eigenvalue weighted by Crippen LogP contribution is -2.14. The van der Waals surface area contributed by atoms with E-state index in [1.165, 1.54) is 12.8 Å². The highest BCUT2D eigenvalue weighted by molar-refractivity contribution is 9.10. The third kappa shape index (κ3) is 2.24. The number of hydrogen-bond acceptors (Lipinski definition) is 3. The Balaban J connectivity index is 1.74. The molecule has 0 atom stereocenters. The van der Waals surface area contributed by atoms with Crippen LogP contribution in [0.2, 0.25) is 0 Å². The average Bonchev–Trinajstić information content (AvgIpc) is 2.82. The third-order valence-electron chi connectivity index (χ3n) is 2.64. The van der Waals surface area contributed by atoms with Crippen LogP contribution < -0.4 is 5.32 Å². The first-order valence-corrected chi connectivity index (χ1v) is 7.05. The molecule has 1 N–H and O–H groups in total. The molecule has 0 saturated heterocycles. The van der Waals surface area contributed by atoms with Crippen LogP contribution in [-0.2, 0) is 6.54 Å². The number of rotatable bonds is 4. The molecule has 1 aliphatic carbocycles. The van der Waals surface area contributed by atoms with Crippen molar-refractivity contribution in [3.8, 4) is 10.6 Å². The summed E-state index contributed by atoms with van der Waals surface area (Å²) in [5, 5.41) is 5.50. The minimum Gasteiger partial charge on any atom is -0.459 e. The SMILES string of the molecule is Brc1ccsc1-c1ccc(CNC2CC2)o1. The maximum Gasteiger partial charge on any atom is 0.145 e. The van der Waals surface area contributed by atoms with E-state index in [4.69, 9.17) is 4.42 Å². The van der Waals surface area contributed by atoms with Gasteiger partial charge in [0.05, 0.1) is 11.4 Å². The Morgan fingerprint density at radius 2 is 2.25 bits per heavy atom. The van der Waals surface area contributed by atoms with E-state index in [1.54, 1.807) is 11.3 Å². The summed E-state index contributed by atoms with van der Waals surface area (Å²) in [5.41, 5.74) is 0. The molecule has 0 bridgehead atoms. The summed E-state index contributed by atoms with van der Waals surface area (Å²) in [4.78, 5) is 1.16. The summed E-state index contributed by atoms with van der Waals surface area (Å²) in [7, 11) is 0. The van der Waals surface area contributed by atoms with Gasteiger partial charge in [0.2, 0.25) is 0 Å². The van der Waals surface area contributed by atoms with E-state index in [0.717, 1.165) is 33.5 Å². The van der Waals surface area contributed by atoms with Crippen molar-refractivity contribution < 1.29 is 4.42 Å². The number of thiophene rings is 1. The van der Waals surface area contributed by atoms with Crippen LogP contribution in [0, 0.1) is 0 Å². The van der Waals surface area contributed by atoms with Crippen LogP contribution in [0.4, 0.5) is 0 Å². The highest BCUT2D eigenvalue weighted by atomic mass is 79.9. The predicted octanol–water partition coefficient (Wildman–Crippen LogP) is 4.02. The third-order valence-corrected chi connectivity index (χ3v) is 4.50. The number of nitrogens with one attached hydrogen (secondary N) is 1. The molecular weight excluding hydrogens is 286 g/mol. The Morgan fingerprint density at radius 3 is 2.94 bits per heavy atom. The lowest BCUT2D eigenvalue weighted by atomic mass is 10.3. The minimum atomic E-state index is 0.724. The number of halogens is 1. The van der Waals surface area contributed by atoms with E-state index in [1.807, 2.05) is 12.1 Å². The van der Waals surface area contributed by atoms with Crippen molar-refractivity contribution in [3.05, 3.63) is 33.8 Å². The Labute approximate surface area is 107 Å². The van der Waals surface area contributed by atoms with Crippen LogP contribution in [0.15, 0.2) is 32.5 Å². The molecule has 2 heterocycles. The van der Waals surface area contributed by atoms with Gasteiger partial charge in [0.15, 0.2) is 0 Å². The van der Waals surface area contributed by atoms with E-state index in [0.29, 0.717) is 0 Å². The largest absolute Gasteiger partial charge is 0.459 e. The Hall–Kier alpha value is -0.580. The molecule has 0 amide bonds. The van der Waals surface area contributed by atoms with Crippen molar-refractivity contribution in [2.75, 3.05) is 0 Å². The number of hydrogen-bond donors (Lipinski definition) is 1. The van der Waals surface area contributed by atoms with Gasteiger partial charge in [-0.15, -0.1) is 11.3 Å². The van der Waals surface area contributed by atoms with Crippen LogP contribution in [0.25, 0.3) is 10.6 Å². The number of furan rings is 1. The molecule has 2 aromatic rings. The topological polar surface area (TPSA) is 25.2 Å². The summed E-state index contributed by atoms with van der Waals surface area (Å²) in [6, 6.07) is 6.86. The smallest absolute Gasteiger partial charge is 0.145 e. The van der Waals surface area contributed by atoms with Crippen LogP contribution in [0.3, 0.4) is 0 Å². The molecule has 0 unspecified atom stereocenters. The van der Waals surface area contributed by atoms with E-state index in [9.17, 15) is 0 Å². The van der Waals surface area contributed by atoms with E-state index < -0.39 is 0 Å². The summed E-state index contributed by atoms with van der Waals surface area (Å²) >= 11 is 5.21. The fourth-order valence-corrected chi connectivity index (χ4v) is 3.13. The summed E-state index contributed by atoms with van der Waals surface area (Å²) in [6.07, 6.45) is 2.62. The van der Waals surface area contributed by atoms with Gasteiger partial charge in [0.1, 0.15) is 11.5 Å². The van der Waals surface area contributed by atoms with Gasteiger partial charge >= 0.3 is 0 Å². The van der Waals surface area contributed by atoms with E-state index in [2.05, 4.69) is 32.7 Å². The molecule has 16 heavy (non-hydrogen) atoms. The maximum absolute atomic E-state index is 5.80. The molecule has 0 aliphatic heterocycles. The first-order chi connectivity index (χ1) is 7.83. The van der Waals surface area contributed by atoms with Gasteiger partial charge in [-0.3, -0.25) is 0 Å². The average molecular weight is 298 g/mol. The second-order valence-corrected chi connectivity index (χ2v) is 5.79. The summed E-state index contributed by atoms with van der Waals surface area (Å²) in [6.45, 7) is 0.841. The molecule has 1 aliphatic rings. The molecule has 1 saturated carbocycles. The molecule has 0 radical (unpaired) electrons. The van der Waals surface area contributed by atoms with Crippen molar-refractivity contribution in [3.63, 3.8) is 0 Å². The normalized spacial score (nSPS) is 15.6. The van der Waals surface area contributed by atoms with Gasteiger partial charge in [-0.1, -0.05) is 0 Å². The van der Waals surface area contributed by atoms with Gasteiger partial charge in [-0.05, 0) is 52.4 Å². The standard InChI is InChI=1S/C12H12BrNOS/c13-10-5-6-16-12(10)11-4-3-9(15-11)7-14-8-1-2-8/h3-6,8,14H,1-2,7H2.